The molecule has 0 fully saturated rings. The van der Waals surface area contributed by atoms with Crippen molar-refractivity contribution in [3.63, 3.8) is 0 Å². The van der Waals surface area contributed by atoms with Gasteiger partial charge in [0, 0.05) is 39.9 Å². The fourth-order valence-corrected chi connectivity index (χ4v) is 6.74. The Morgan fingerprint density at radius 1 is 0.795 bits per heavy atom. The summed E-state index contributed by atoms with van der Waals surface area (Å²) in [7, 11) is 8.62. The van der Waals surface area contributed by atoms with Crippen LogP contribution in [0.25, 0.3) is 10.9 Å². The van der Waals surface area contributed by atoms with Crippen molar-refractivity contribution >= 4 is 33.4 Å². The first kappa shape index (κ1) is 32.8. The van der Waals surface area contributed by atoms with Gasteiger partial charge in [-0.1, -0.05) is 11.6 Å². The summed E-state index contributed by atoms with van der Waals surface area (Å²) >= 11 is 6.34. The average Bonchev–Trinajstić information content (AvgIpc) is 3.03. The molecule has 1 N–H and O–H groups in total. The molecule has 0 aliphatic rings. The van der Waals surface area contributed by atoms with Gasteiger partial charge < -0.3 is 38.3 Å². The van der Waals surface area contributed by atoms with E-state index >= 15 is 0 Å². The minimum Gasteiger partial charge on any atom is -0.503 e. The normalized spacial score (nSPS) is 11.6. The Morgan fingerprint density at radius 3 is 1.86 bits per heavy atom. The van der Waals surface area contributed by atoms with Gasteiger partial charge in [0.15, 0.2) is 28.7 Å². The number of halogens is 1. The molecule has 4 rings (SSSR count). The number of benzene rings is 3. The lowest BCUT2D eigenvalue weighted by Crippen LogP contribution is -2.28. The number of rotatable bonds is 14. The van der Waals surface area contributed by atoms with E-state index in [0.29, 0.717) is 79.8 Å². The molecule has 0 aliphatic carbocycles. The van der Waals surface area contributed by atoms with Crippen molar-refractivity contribution in [2.45, 2.75) is 17.9 Å². The topological polar surface area (TPSA) is 107 Å². The molecule has 3 aromatic carbocycles. The van der Waals surface area contributed by atoms with Crippen LogP contribution >= 0.6 is 11.6 Å². The van der Waals surface area contributed by atoms with Gasteiger partial charge in [0.2, 0.25) is 11.5 Å². The summed E-state index contributed by atoms with van der Waals surface area (Å²) in [6.45, 7) is 0.556. The van der Waals surface area contributed by atoms with Crippen LogP contribution in [-0.2, 0) is 17.4 Å². The molecule has 12 heteroatoms. The van der Waals surface area contributed by atoms with E-state index in [4.69, 9.17) is 44.8 Å². The van der Waals surface area contributed by atoms with Crippen LogP contribution in [-0.4, -0.2) is 70.9 Å². The maximum absolute atomic E-state index is 14.1. The summed E-state index contributed by atoms with van der Waals surface area (Å²) in [5, 5.41) is 12.3. The standard InChI is InChI=1S/C32H36ClNO9S/c1-37-24-13-19(14-25(38-2)29(24)41-5)18-34-23-15-20(33)9-10-22(23)28(35)31(32(34)36)44(7)12-8-11-43-21-16-26(39-3)30(42-6)27(17-21)40-4/h9-10,13-17H,8,11-12,18H2,1-7H3/p+1. The zero-order valence-corrected chi connectivity index (χ0v) is 27.4. The van der Waals surface area contributed by atoms with Crippen molar-refractivity contribution in [3.05, 3.63) is 63.4 Å². The third-order valence-electron chi connectivity index (χ3n) is 7.08. The number of aromatic hydroxyl groups is 1. The highest BCUT2D eigenvalue weighted by atomic mass is 35.5. The molecule has 1 aromatic heterocycles. The number of nitrogens with zero attached hydrogens (tertiary/aromatic N) is 1. The highest BCUT2D eigenvalue weighted by Crippen LogP contribution is 2.41. The summed E-state index contributed by atoms with van der Waals surface area (Å²) in [6, 6.07) is 12.2. The van der Waals surface area contributed by atoms with Crippen molar-refractivity contribution in [3.8, 4) is 46.0 Å². The largest absolute Gasteiger partial charge is 0.503 e. The van der Waals surface area contributed by atoms with Crippen LogP contribution < -0.4 is 38.7 Å². The molecule has 0 amide bonds. The van der Waals surface area contributed by atoms with Crippen molar-refractivity contribution in [2.24, 2.45) is 0 Å². The second-order valence-corrected chi connectivity index (χ2v) is 12.2. The second-order valence-electron chi connectivity index (χ2n) is 9.67. The van der Waals surface area contributed by atoms with Gasteiger partial charge in [0.1, 0.15) is 17.8 Å². The quantitative estimate of drug-likeness (QED) is 0.140. The van der Waals surface area contributed by atoms with E-state index in [1.54, 1.807) is 68.4 Å². The van der Waals surface area contributed by atoms with Gasteiger partial charge in [-0.2, -0.15) is 0 Å². The molecule has 1 unspecified atom stereocenters. The predicted octanol–water partition coefficient (Wildman–Crippen LogP) is 5.54. The molecule has 0 radical (unpaired) electrons. The van der Waals surface area contributed by atoms with Crippen LogP contribution in [0.3, 0.4) is 0 Å². The van der Waals surface area contributed by atoms with E-state index in [0.717, 1.165) is 5.56 Å². The van der Waals surface area contributed by atoms with E-state index in [9.17, 15) is 9.90 Å². The molecular weight excluding hydrogens is 610 g/mol. The smallest absolute Gasteiger partial charge is 0.310 e. The highest BCUT2D eigenvalue weighted by Gasteiger charge is 2.29. The van der Waals surface area contributed by atoms with Crippen molar-refractivity contribution in [1.82, 2.24) is 4.57 Å². The van der Waals surface area contributed by atoms with Gasteiger partial charge in [-0.3, -0.25) is 9.36 Å². The van der Waals surface area contributed by atoms with E-state index in [2.05, 4.69) is 0 Å². The lowest BCUT2D eigenvalue weighted by Gasteiger charge is -2.17. The minimum absolute atomic E-state index is 0.0424. The van der Waals surface area contributed by atoms with Crippen molar-refractivity contribution in [2.75, 3.05) is 61.3 Å². The molecule has 10 nitrogen and oxygen atoms in total. The van der Waals surface area contributed by atoms with E-state index < -0.39 is 10.9 Å². The molecule has 0 aliphatic heterocycles. The molecule has 1 heterocycles. The van der Waals surface area contributed by atoms with Gasteiger partial charge >= 0.3 is 5.56 Å². The molecule has 0 saturated carbocycles. The first-order chi connectivity index (χ1) is 21.2. The number of fused-ring (bicyclic) bond motifs is 1. The number of hydrogen-bond acceptors (Lipinski definition) is 9. The first-order valence-electron chi connectivity index (χ1n) is 13.6. The summed E-state index contributed by atoms with van der Waals surface area (Å²) in [4.78, 5) is 14.4. The Hall–Kier alpha value is -4.09. The van der Waals surface area contributed by atoms with Crippen LogP contribution in [0.2, 0.25) is 5.02 Å². The van der Waals surface area contributed by atoms with E-state index in [1.807, 2.05) is 6.26 Å². The second kappa shape index (κ2) is 14.6. The molecular formula is C32H37ClNO9S+. The van der Waals surface area contributed by atoms with Crippen molar-refractivity contribution < 1.29 is 38.3 Å². The number of pyridine rings is 1. The van der Waals surface area contributed by atoms with Crippen LogP contribution in [0.15, 0.2) is 52.2 Å². The number of methoxy groups -OCH3 is 6. The maximum Gasteiger partial charge on any atom is 0.310 e. The van der Waals surface area contributed by atoms with Crippen LogP contribution in [0.4, 0.5) is 0 Å². The van der Waals surface area contributed by atoms with Gasteiger partial charge in [0.25, 0.3) is 4.90 Å². The van der Waals surface area contributed by atoms with Gasteiger partial charge in [0.05, 0.1) is 61.3 Å². The van der Waals surface area contributed by atoms with Gasteiger partial charge in [-0.25, -0.2) is 0 Å². The maximum atomic E-state index is 14.1. The molecule has 0 saturated heterocycles. The Labute approximate surface area is 264 Å². The lowest BCUT2D eigenvalue weighted by atomic mass is 10.1. The van der Waals surface area contributed by atoms with E-state index in [1.165, 1.54) is 21.3 Å². The lowest BCUT2D eigenvalue weighted by molar-refractivity contribution is 0.299. The van der Waals surface area contributed by atoms with E-state index in [-0.39, 0.29) is 17.9 Å². The van der Waals surface area contributed by atoms with Gasteiger partial charge in [-0.05, 0) is 35.9 Å². The number of aromatic nitrogens is 1. The molecule has 0 spiro atoms. The third-order valence-corrected chi connectivity index (χ3v) is 9.28. The van der Waals surface area contributed by atoms with Gasteiger partial charge in [-0.15, -0.1) is 0 Å². The SMILES string of the molecule is COc1cc(Cn2c(=O)c([S+](C)CCCOc3cc(OC)c(OC)c(OC)c3)c(O)c3ccc(Cl)cc32)cc(OC)c1OC. The Kier molecular flexibility index (Phi) is 10.9. The summed E-state index contributed by atoms with van der Waals surface area (Å²) in [5.41, 5.74) is 0.955. The summed E-state index contributed by atoms with van der Waals surface area (Å²) in [5.74, 6) is 3.99. The zero-order valence-electron chi connectivity index (χ0n) is 25.8. The third kappa shape index (κ3) is 6.68. The number of hydrogen-bond donors (Lipinski definition) is 1. The zero-order chi connectivity index (χ0) is 32.0. The monoisotopic (exact) mass is 646 g/mol. The highest BCUT2D eigenvalue weighted by molar-refractivity contribution is 7.96. The average molecular weight is 647 g/mol. The molecule has 1 atom stereocenters. The Morgan fingerprint density at radius 2 is 1.34 bits per heavy atom. The Balaban J connectivity index is 1.63. The minimum atomic E-state index is -0.613. The molecule has 4 aromatic rings. The van der Waals surface area contributed by atoms with Crippen LogP contribution in [0.1, 0.15) is 12.0 Å². The fourth-order valence-electron chi connectivity index (χ4n) is 4.97. The van der Waals surface area contributed by atoms with Crippen LogP contribution in [0.5, 0.6) is 46.0 Å². The molecule has 0 bridgehead atoms. The van der Waals surface area contributed by atoms with Crippen molar-refractivity contribution in [1.29, 1.82) is 0 Å². The molecule has 236 valence electrons. The fraction of sp³-hybridized carbons (Fsp3) is 0.344. The Bertz CT molecular complexity index is 1640. The van der Waals surface area contributed by atoms with Crippen LogP contribution in [0, 0.1) is 0 Å². The number of ether oxygens (including phenoxy) is 7. The summed E-state index contributed by atoms with van der Waals surface area (Å²) in [6.07, 6.45) is 2.57. The first-order valence-corrected chi connectivity index (χ1v) is 15.8. The molecule has 44 heavy (non-hydrogen) atoms. The predicted molar refractivity (Wildman–Crippen MR) is 173 cm³/mol. The summed E-state index contributed by atoms with van der Waals surface area (Å²) < 4.78 is 40.3.